The highest BCUT2D eigenvalue weighted by atomic mass is 19.4. The summed E-state index contributed by atoms with van der Waals surface area (Å²) in [6, 6.07) is 12.7. The van der Waals surface area contributed by atoms with Crippen molar-refractivity contribution < 1.29 is 27.8 Å². The van der Waals surface area contributed by atoms with Crippen molar-refractivity contribution in [2.75, 3.05) is 7.05 Å². The average molecular weight is 483 g/mol. The van der Waals surface area contributed by atoms with Crippen LogP contribution in [-0.4, -0.2) is 39.2 Å². The fraction of sp³-hybridized carbons (Fsp3) is 0.231. The summed E-state index contributed by atoms with van der Waals surface area (Å²) in [6.07, 6.45) is 0.696. The van der Waals surface area contributed by atoms with Gasteiger partial charge >= 0.3 is 6.36 Å². The van der Waals surface area contributed by atoms with E-state index in [0.717, 1.165) is 16.7 Å². The number of allylic oxidation sites excluding steroid dienone is 1. The molecule has 182 valence electrons. The van der Waals surface area contributed by atoms with E-state index in [-0.39, 0.29) is 36.1 Å². The van der Waals surface area contributed by atoms with Gasteiger partial charge in [0.2, 0.25) is 0 Å². The van der Waals surface area contributed by atoms with Gasteiger partial charge in [-0.1, -0.05) is 12.1 Å². The number of aromatic nitrogens is 1. The number of alkyl halides is 3. The van der Waals surface area contributed by atoms with Crippen molar-refractivity contribution in [3.8, 4) is 11.5 Å². The Kier molecular flexibility index (Phi) is 6.68. The highest BCUT2D eigenvalue weighted by Crippen LogP contribution is 2.35. The van der Waals surface area contributed by atoms with Crippen LogP contribution in [0.15, 0.2) is 67.1 Å². The van der Waals surface area contributed by atoms with E-state index in [2.05, 4.69) is 9.72 Å². The zero-order valence-corrected chi connectivity index (χ0v) is 19.2. The summed E-state index contributed by atoms with van der Waals surface area (Å²) in [5.41, 5.74) is 4.43. The summed E-state index contributed by atoms with van der Waals surface area (Å²) in [7, 11) is 1.95. The first-order valence-electron chi connectivity index (χ1n) is 10.9. The predicted molar refractivity (Wildman–Crippen MR) is 124 cm³/mol. The number of hydrogen-bond donors (Lipinski definition) is 1. The Morgan fingerprint density at radius 3 is 2.49 bits per heavy atom. The van der Waals surface area contributed by atoms with Crippen LogP contribution in [0.5, 0.6) is 11.5 Å². The summed E-state index contributed by atoms with van der Waals surface area (Å²) in [6.45, 7) is 3.10. The largest absolute Gasteiger partial charge is 0.573 e. The fourth-order valence-corrected chi connectivity index (χ4v) is 4.09. The number of carbonyl (C=O) groups excluding carboxylic acids is 1. The lowest BCUT2D eigenvalue weighted by Gasteiger charge is -2.16. The number of hydrogen-bond acceptors (Lipinski definition) is 5. The van der Waals surface area contributed by atoms with Gasteiger partial charge in [-0.05, 0) is 71.1 Å². The van der Waals surface area contributed by atoms with Crippen molar-refractivity contribution in [1.82, 2.24) is 14.8 Å². The first kappa shape index (κ1) is 24.1. The number of phenolic OH excluding ortho intramolecular Hbond substituents is 1. The lowest BCUT2D eigenvalue weighted by atomic mass is 10.0. The zero-order valence-electron chi connectivity index (χ0n) is 19.2. The average Bonchev–Trinajstić information content (AvgIpc) is 3.10. The number of pyridine rings is 1. The van der Waals surface area contributed by atoms with E-state index in [4.69, 9.17) is 0 Å². The number of carbonyl (C=O) groups is 1. The Labute approximate surface area is 200 Å². The van der Waals surface area contributed by atoms with E-state index >= 15 is 0 Å². The third kappa shape index (κ3) is 5.92. The van der Waals surface area contributed by atoms with E-state index in [0.29, 0.717) is 17.7 Å². The molecule has 0 bridgehead atoms. The normalized spacial score (nSPS) is 13.7. The van der Waals surface area contributed by atoms with Crippen LogP contribution in [0.25, 0.3) is 5.57 Å². The van der Waals surface area contributed by atoms with Crippen LogP contribution in [0.3, 0.4) is 0 Å². The third-order valence-corrected chi connectivity index (χ3v) is 5.64. The summed E-state index contributed by atoms with van der Waals surface area (Å²) in [4.78, 5) is 20.5. The van der Waals surface area contributed by atoms with Gasteiger partial charge in [0.1, 0.15) is 11.5 Å². The van der Waals surface area contributed by atoms with Crippen LogP contribution < -0.4 is 4.74 Å². The van der Waals surface area contributed by atoms with Gasteiger partial charge in [0.15, 0.2) is 0 Å². The molecule has 35 heavy (non-hydrogen) atoms. The fourth-order valence-electron chi connectivity index (χ4n) is 4.09. The van der Waals surface area contributed by atoms with Gasteiger partial charge in [0.25, 0.3) is 5.91 Å². The van der Waals surface area contributed by atoms with Gasteiger partial charge in [0.05, 0.1) is 5.56 Å². The molecular formula is C26H24F3N3O3. The van der Waals surface area contributed by atoms with Crippen LogP contribution >= 0.6 is 0 Å². The van der Waals surface area contributed by atoms with E-state index in [9.17, 15) is 23.1 Å². The number of aromatic hydroxyl groups is 1. The lowest BCUT2D eigenvalue weighted by molar-refractivity contribution is -0.274. The number of fused-ring (bicyclic) bond motifs is 1. The van der Waals surface area contributed by atoms with Crippen molar-refractivity contribution in [2.45, 2.75) is 32.9 Å². The summed E-state index contributed by atoms with van der Waals surface area (Å²) >= 11 is 0. The second-order valence-corrected chi connectivity index (χ2v) is 8.47. The molecule has 0 saturated carbocycles. The van der Waals surface area contributed by atoms with Crippen molar-refractivity contribution >= 4 is 11.5 Å². The SMILES string of the molecule is C/C(=C\N(C)Cc1ccncc1)c1cc(O)c2c(c1)CN(Cc1ccc(OC(F)(F)F)cc1)C2=O. The molecule has 0 radical (unpaired) electrons. The third-order valence-electron chi connectivity index (χ3n) is 5.64. The standard InChI is InChI=1S/C26H24F3N3O3/c1-17(13-31(2)14-19-7-9-30-10-8-19)20-11-21-16-32(25(34)24(21)23(33)12-20)15-18-3-5-22(6-4-18)35-26(27,28)29/h3-13,33H,14-16H2,1-2H3/b17-13+. The quantitative estimate of drug-likeness (QED) is 0.492. The number of benzene rings is 2. The molecule has 1 aromatic heterocycles. The molecule has 1 N–H and O–H groups in total. The molecule has 4 rings (SSSR count). The molecular weight excluding hydrogens is 459 g/mol. The van der Waals surface area contributed by atoms with Crippen molar-refractivity contribution in [1.29, 1.82) is 0 Å². The minimum absolute atomic E-state index is 0.0940. The first-order valence-corrected chi connectivity index (χ1v) is 10.9. The second-order valence-electron chi connectivity index (χ2n) is 8.47. The molecule has 1 amide bonds. The van der Waals surface area contributed by atoms with Gasteiger partial charge < -0.3 is 19.6 Å². The van der Waals surface area contributed by atoms with Crippen molar-refractivity contribution in [2.24, 2.45) is 0 Å². The number of nitrogens with zero attached hydrogens (tertiary/aromatic N) is 3. The molecule has 0 spiro atoms. The monoisotopic (exact) mass is 483 g/mol. The molecule has 0 aliphatic carbocycles. The molecule has 6 nitrogen and oxygen atoms in total. The van der Waals surface area contributed by atoms with Gasteiger partial charge in [-0.2, -0.15) is 0 Å². The number of phenols is 1. The summed E-state index contributed by atoms with van der Waals surface area (Å²) in [5, 5.41) is 10.6. The molecule has 0 atom stereocenters. The number of halogens is 3. The van der Waals surface area contributed by atoms with Crippen LogP contribution in [0.1, 0.15) is 39.5 Å². The molecule has 1 aliphatic rings. The maximum Gasteiger partial charge on any atom is 0.573 e. The Hall–Kier alpha value is -4.01. The molecule has 0 fully saturated rings. The highest BCUT2D eigenvalue weighted by molar-refractivity contribution is 6.01. The number of amides is 1. The molecule has 0 saturated heterocycles. The van der Waals surface area contributed by atoms with Crippen LogP contribution in [-0.2, 0) is 19.6 Å². The minimum atomic E-state index is -4.76. The van der Waals surface area contributed by atoms with Gasteiger partial charge in [-0.25, -0.2) is 0 Å². The smallest absolute Gasteiger partial charge is 0.507 e. The molecule has 1 aliphatic heterocycles. The molecule has 2 heterocycles. The lowest BCUT2D eigenvalue weighted by Crippen LogP contribution is -2.23. The first-order chi connectivity index (χ1) is 16.6. The van der Waals surface area contributed by atoms with E-state index < -0.39 is 6.36 Å². The van der Waals surface area contributed by atoms with Crippen LogP contribution in [0, 0.1) is 0 Å². The maximum absolute atomic E-state index is 12.9. The maximum atomic E-state index is 12.9. The summed E-state index contributed by atoms with van der Waals surface area (Å²) < 4.78 is 41.0. The van der Waals surface area contributed by atoms with Crippen LogP contribution in [0.4, 0.5) is 13.2 Å². The highest BCUT2D eigenvalue weighted by Gasteiger charge is 2.32. The van der Waals surface area contributed by atoms with Gasteiger partial charge in [-0.15, -0.1) is 13.2 Å². The molecule has 0 unspecified atom stereocenters. The Morgan fingerprint density at radius 2 is 1.83 bits per heavy atom. The number of rotatable bonds is 7. The van der Waals surface area contributed by atoms with Gasteiger partial charge in [-0.3, -0.25) is 9.78 Å². The topological polar surface area (TPSA) is 65.9 Å². The molecule has 2 aromatic carbocycles. The molecule has 3 aromatic rings. The van der Waals surface area contributed by atoms with E-state index in [1.165, 1.54) is 24.3 Å². The van der Waals surface area contributed by atoms with Crippen molar-refractivity contribution in [3.05, 3.63) is 94.9 Å². The van der Waals surface area contributed by atoms with Crippen molar-refractivity contribution in [3.63, 3.8) is 0 Å². The zero-order chi connectivity index (χ0) is 25.2. The minimum Gasteiger partial charge on any atom is -0.507 e. The Balaban J connectivity index is 1.47. The van der Waals surface area contributed by atoms with E-state index in [1.807, 2.05) is 43.3 Å². The Morgan fingerprint density at radius 1 is 1.14 bits per heavy atom. The predicted octanol–water partition coefficient (Wildman–Crippen LogP) is 5.33. The Bertz CT molecular complexity index is 1240. The number of ether oxygens (including phenoxy) is 1. The molecule has 9 heteroatoms. The van der Waals surface area contributed by atoms with E-state index in [1.54, 1.807) is 23.4 Å². The van der Waals surface area contributed by atoms with Crippen LogP contribution in [0.2, 0.25) is 0 Å². The summed E-state index contributed by atoms with van der Waals surface area (Å²) in [5.74, 6) is -0.740. The second kappa shape index (κ2) is 9.69. The van der Waals surface area contributed by atoms with Gasteiger partial charge in [0, 0.05) is 45.3 Å².